The van der Waals surface area contributed by atoms with E-state index in [0.29, 0.717) is 5.57 Å². The largest absolute Gasteiger partial charge is 0.347 e. The molecule has 0 aromatic heterocycles. The lowest BCUT2D eigenvalue weighted by atomic mass is 9.72. The third-order valence-corrected chi connectivity index (χ3v) is 6.17. The van der Waals surface area contributed by atoms with Crippen LogP contribution in [-0.2, 0) is 5.41 Å². The standard InChI is InChI=1S/C26H23N3/c1-26-16-8-11-20(25(26)29(2)24-13-7-6-12-23(24)26)14-15-22(21(17-27)18-28)19-9-4-3-5-10-19/h3-7,9-10,12-15H,8,11,16H2,1-2H3. The van der Waals surface area contributed by atoms with Crippen molar-refractivity contribution in [2.24, 2.45) is 0 Å². The number of anilines is 1. The Morgan fingerprint density at radius 3 is 2.45 bits per heavy atom. The molecule has 0 saturated carbocycles. The van der Waals surface area contributed by atoms with Crippen LogP contribution in [0.5, 0.6) is 0 Å². The highest BCUT2D eigenvalue weighted by molar-refractivity contribution is 5.82. The van der Waals surface area contributed by atoms with E-state index in [4.69, 9.17) is 0 Å². The maximum Gasteiger partial charge on any atom is 0.137 e. The number of nitriles is 2. The molecule has 1 aliphatic carbocycles. The lowest BCUT2D eigenvalue weighted by Gasteiger charge is -2.35. The molecule has 1 atom stereocenters. The smallest absolute Gasteiger partial charge is 0.137 e. The van der Waals surface area contributed by atoms with Gasteiger partial charge in [-0.2, -0.15) is 10.5 Å². The van der Waals surface area contributed by atoms with E-state index in [0.717, 1.165) is 24.8 Å². The summed E-state index contributed by atoms with van der Waals surface area (Å²) in [6, 6.07) is 22.4. The Kier molecular flexibility index (Phi) is 4.83. The highest BCUT2D eigenvalue weighted by Crippen LogP contribution is 2.53. The zero-order valence-corrected chi connectivity index (χ0v) is 16.8. The van der Waals surface area contributed by atoms with Crippen molar-refractivity contribution < 1.29 is 0 Å². The summed E-state index contributed by atoms with van der Waals surface area (Å²) in [7, 11) is 2.14. The Morgan fingerprint density at radius 2 is 1.72 bits per heavy atom. The van der Waals surface area contributed by atoms with E-state index in [1.54, 1.807) is 0 Å². The van der Waals surface area contributed by atoms with Crippen molar-refractivity contribution in [1.29, 1.82) is 10.5 Å². The van der Waals surface area contributed by atoms with Crippen LogP contribution in [0.2, 0.25) is 0 Å². The molecular formula is C26H23N3. The molecule has 2 aromatic rings. The molecule has 142 valence electrons. The van der Waals surface area contributed by atoms with E-state index in [2.05, 4.69) is 61.4 Å². The van der Waals surface area contributed by atoms with E-state index in [1.807, 2.05) is 36.4 Å². The minimum Gasteiger partial charge on any atom is -0.347 e. The first-order valence-electron chi connectivity index (χ1n) is 9.95. The summed E-state index contributed by atoms with van der Waals surface area (Å²) < 4.78 is 0. The van der Waals surface area contributed by atoms with Crippen LogP contribution in [0, 0.1) is 22.7 Å². The lowest BCUT2D eigenvalue weighted by molar-refractivity contribution is 0.467. The Morgan fingerprint density at radius 1 is 1.03 bits per heavy atom. The Hall–Kier alpha value is -3.56. The first-order valence-corrected chi connectivity index (χ1v) is 9.95. The molecule has 0 fully saturated rings. The van der Waals surface area contributed by atoms with Gasteiger partial charge in [-0.25, -0.2) is 0 Å². The van der Waals surface area contributed by atoms with Gasteiger partial charge in [0.1, 0.15) is 17.7 Å². The molecule has 2 aliphatic rings. The van der Waals surface area contributed by atoms with Crippen molar-refractivity contribution in [2.45, 2.75) is 31.6 Å². The van der Waals surface area contributed by atoms with E-state index < -0.39 is 0 Å². The van der Waals surface area contributed by atoms with Gasteiger partial charge >= 0.3 is 0 Å². The van der Waals surface area contributed by atoms with Crippen molar-refractivity contribution in [3.05, 3.63) is 94.7 Å². The Labute approximate surface area is 172 Å². The minimum absolute atomic E-state index is 0.00712. The number of hydrogen-bond acceptors (Lipinski definition) is 3. The van der Waals surface area contributed by atoms with Crippen LogP contribution < -0.4 is 4.90 Å². The molecule has 0 spiro atoms. The maximum absolute atomic E-state index is 9.46. The molecule has 0 bridgehead atoms. The van der Waals surface area contributed by atoms with Crippen LogP contribution in [-0.4, -0.2) is 7.05 Å². The van der Waals surface area contributed by atoms with Crippen molar-refractivity contribution in [2.75, 3.05) is 11.9 Å². The van der Waals surface area contributed by atoms with E-state index in [1.165, 1.54) is 22.5 Å². The van der Waals surface area contributed by atoms with Gasteiger partial charge in [-0.3, -0.25) is 0 Å². The fourth-order valence-corrected chi connectivity index (χ4v) is 4.86. The normalized spacial score (nSPS) is 20.1. The molecule has 0 saturated heterocycles. The first-order chi connectivity index (χ1) is 14.1. The zero-order chi connectivity index (χ0) is 20.4. The van der Waals surface area contributed by atoms with Gasteiger partial charge in [0.25, 0.3) is 0 Å². The van der Waals surface area contributed by atoms with Gasteiger partial charge in [0, 0.05) is 29.4 Å². The van der Waals surface area contributed by atoms with Gasteiger partial charge in [-0.05, 0) is 49.0 Å². The second kappa shape index (κ2) is 7.46. The summed E-state index contributed by atoms with van der Waals surface area (Å²) in [5.41, 5.74) is 6.98. The van der Waals surface area contributed by atoms with Crippen molar-refractivity contribution in [3.63, 3.8) is 0 Å². The van der Waals surface area contributed by atoms with E-state index in [9.17, 15) is 10.5 Å². The number of fused-ring (bicyclic) bond motifs is 3. The van der Waals surface area contributed by atoms with Crippen molar-refractivity contribution >= 4 is 11.3 Å². The molecule has 1 aliphatic heterocycles. The van der Waals surface area contributed by atoms with Gasteiger partial charge in [0.05, 0.1) is 0 Å². The summed E-state index contributed by atoms with van der Waals surface area (Å²) in [6.45, 7) is 2.33. The Balaban J connectivity index is 1.83. The number of benzene rings is 2. The number of nitrogens with zero attached hydrogens (tertiary/aromatic N) is 3. The predicted octanol–water partition coefficient (Wildman–Crippen LogP) is 5.89. The van der Waals surface area contributed by atoms with Crippen LogP contribution in [0.15, 0.2) is 83.6 Å². The van der Waals surface area contributed by atoms with Gasteiger partial charge in [0.2, 0.25) is 0 Å². The first kappa shape index (κ1) is 18.8. The van der Waals surface area contributed by atoms with Gasteiger partial charge < -0.3 is 4.90 Å². The summed E-state index contributed by atoms with van der Waals surface area (Å²) in [5.74, 6) is 0. The Bertz CT molecular complexity index is 1110. The number of hydrogen-bond donors (Lipinski definition) is 0. The van der Waals surface area contributed by atoms with E-state index >= 15 is 0 Å². The van der Waals surface area contributed by atoms with Crippen molar-refractivity contribution in [1.82, 2.24) is 0 Å². The van der Waals surface area contributed by atoms with Gasteiger partial charge in [0.15, 0.2) is 0 Å². The van der Waals surface area contributed by atoms with Crippen LogP contribution in [0.25, 0.3) is 5.57 Å². The van der Waals surface area contributed by atoms with Crippen molar-refractivity contribution in [3.8, 4) is 12.1 Å². The topological polar surface area (TPSA) is 50.8 Å². The monoisotopic (exact) mass is 377 g/mol. The molecule has 29 heavy (non-hydrogen) atoms. The second-order valence-corrected chi connectivity index (χ2v) is 7.85. The van der Waals surface area contributed by atoms with Gasteiger partial charge in [-0.15, -0.1) is 0 Å². The third-order valence-electron chi connectivity index (χ3n) is 6.17. The van der Waals surface area contributed by atoms with Crippen LogP contribution >= 0.6 is 0 Å². The molecule has 0 amide bonds. The molecule has 3 heteroatoms. The highest BCUT2D eigenvalue weighted by atomic mass is 15.2. The van der Waals surface area contributed by atoms with Crippen LogP contribution in [0.4, 0.5) is 5.69 Å². The van der Waals surface area contributed by atoms with Crippen LogP contribution in [0.1, 0.15) is 37.3 Å². The SMILES string of the molecule is CN1C2=C(C=CC(=C(C#N)C#N)c3ccccc3)CCCC2(C)c2ccccc21. The molecular weight excluding hydrogens is 354 g/mol. The summed E-state index contributed by atoms with van der Waals surface area (Å²) in [5, 5.41) is 18.9. The summed E-state index contributed by atoms with van der Waals surface area (Å²) >= 11 is 0. The lowest BCUT2D eigenvalue weighted by Crippen LogP contribution is -2.30. The highest BCUT2D eigenvalue weighted by Gasteiger charge is 2.44. The van der Waals surface area contributed by atoms with E-state index in [-0.39, 0.29) is 11.0 Å². The average molecular weight is 377 g/mol. The maximum atomic E-state index is 9.46. The number of likely N-dealkylation sites (N-methyl/N-ethyl adjacent to an activating group) is 1. The zero-order valence-electron chi connectivity index (χ0n) is 16.8. The fourth-order valence-electron chi connectivity index (χ4n) is 4.86. The fraction of sp³-hybridized carbons (Fsp3) is 0.231. The molecule has 2 aromatic carbocycles. The second-order valence-electron chi connectivity index (χ2n) is 7.85. The quantitative estimate of drug-likeness (QED) is 0.495. The molecule has 3 nitrogen and oxygen atoms in total. The number of para-hydroxylation sites is 1. The summed E-state index contributed by atoms with van der Waals surface area (Å²) in [4.78, 5) is 2.32. The average Bonchev–Trinajstić information content (AvgIpc) is 3.00. The molecule has 0 N–H and O–H groups in total. The molecule has 4 rings (SSSR count). The third kappa shape index (κ3) is 3.06. The molecule has 1 unspecified atom stereocenters. The number of rotatable bonds is 3. The van der Waals surface area contributed by atoms with Crippen LogP contribution in [0.3, 0.4) is 0 Å². The number of allylic oxidation sites excluding steroid dienone is 6. The summed E-state index contributed by atoms with van der Waals surface area (Å²) in [6.07, 6.45) is 7.31. The molecule has 1 heterocycles. The minimum atomic E-state index is 0.00712. The van der Waals surface area contributed by atoms with Gasteiger partial charge in [-0.1, -0.05) is 60.7 Å². The predicted molar refractivity (Wildman–Crippen MR) is 117 cm³/mol. The molecule has 0 radical (unpaired) electrons.